The zero-order valence-electron chi connectivity index (χ0n) is 18.2. The molecule has 0 spiro atoms. The van der Waals surface area contributed by atoms with Gasteiger partial charge in [0, 0.05) is 13.2 Å². The monoisotopic (exact) mass is 454 g/mol. The van der Waals surface area contributed by atoms with E-state index in [1.54, 1.807) is 30.0 Å². The Morgan fingerprint density at radius 3 is 2.72 bits per heavy atom. The van der Waals surface area contributed by atoms with Gasteiger partial charge < -0.3 is 19.5 Å². The standard InChI is InChI=1S/C24H26N2O5S/c1-4-11-30-17-9-7-16(8-10-17)20-19(21(27)23-14(2)25-15(3)32-23)22(28)24(29)26(20)13-18-6-5-12-31-18/h4,7-10,18,20,28H,1,5-6,11-13H2,2-3H3. The number of amides is 1. The van der Waals surface area contributed by atoms with Crippen LogP contribution in [-0.2, 0) is 9.53 Å². The first-order chi connectivity index (χ1) is 15.4. The molecule has 32 heavy (non-hydrogen) atoms. The zero-order valence-corrected chi connectivity index (χ0v) is 19.0. The number of ketones is 1. The van der Waals surface area contributed by atoms with Gasteiger partial charge in [-0.15, -0.1) is 11.3 Å². The number of rotatable bonds is 8. The molecule has 4 rings (SSSR count). The number of aryl methyl sites for hydroxylation is 2. The van der Waals surface area contributed by atoms with E-state index in [0.717, 1.165) is 17.8 Å². The number of thiazole rings is 1. The van der Waals surface area contributed by atoms with E-state index in [2.05, 4.69) is 11.6 Å². The SMILES string of the molecule is C=CCOc1ccc(C2C(C(=O)c3sc(C)nc3C)=C(O)C(=O)N2CC2CCCO2)cc1. The van der Waals surface area contributed by atoms with E-state index in [1.165, 1.54) is 11.3 Å². The van der Waals surface area contributed by atoms with Gasteiger partial charge in [0.25, 0.3) is 5.91 Å². The van der Waals surface area contributed by atoms with Gasteiger partial charge in [0.1, 0.15) is 12.4 Å². The second kappa shape index (κ2) is 9.26. The van der Waals surface area contributed by atoms with E-state index in [9.17, 15) is 14.7 Å². The fraction of sp³-hybridized carbons (Fsp3) is 0.375. The molecule has 2 aromatic rings. The molecule has 1 amide bonds. The molecule has 2 aliphatic rings. The minimum Gasteiger partial charge on any atom is -0.503 e. The number of carbonyl (C=O) groups is 2. The van der Waals surface area contributed by atoms with Crippen molar-refractivity contribution in [2.24, 2.45) is 0 Å². The van der Waals surface area contributed by atoms with Gasteiger partial charge in [-0.2, -0.15) is 0 Å². The van der Waals surface area contributed by atoms with Crippen molar-refractivity contribution in [2.75, 3.05) is 19.8 Å². The summed E-state index contributed by atoms with van der Waals surface area (Å²) in [6.45, 7) is 8.56. The van der Waals surface area contributed by atoms with Crippen LogP contribution in [0.4, 0.5) is 0 Å². The number of aliphatic hydroxyl groups is 1. The molecule has 0 bridgehead atoms. The maximum absolute atomic E-state index is 13.5. The molecule has 1 saturated heterocycles. The molecule has 2 unspecified atom stereocenters. The van der Waals surface area contributed by atoms with Gasteiger partial charge in [-0.05, 0) is 44.4 Å². The van der Waals surface area contributed by atoms with Crippen LogP contribution >= 0.6 is 11.3 Å². The third-order valence-electron chi connectivity index (χ3n) is 5.65. The molecule has 1 fully saturated rings. The third kappa shape index (κ3) is 4.20. The van der Waals surface area contributed by atoms with Crippen LogP contribution in [0.1, 0.15) is 44.8 Å². The number of aromatic nitrogens is 1. The lowest BCUT2D eigenvalue weighted by Gasteiger charge is -2.29. The molecule has 168 valence electrons. The van der Waals surface area contributed by atoms with Gasteiger partial charge in [-0.3, -0.25) is 9.59 Å². The average Bonchev–Trinajstić information content (AvgIpc) is 3.47. The lowest BCUT2D eigenvalue weighted by Crippen LogP contribution is -2.37. The summed E-state index contributed by atoms with van der Waals surface area (Å²) in [5, 5.41) is 11.6. The summed E-state index contributed by atoms with van der Waals surface area (Å²) in [5.41, 5.74) is 1.39. The Balaban J connectivity index is 1.73. The van der Waals surface area contributed by atoms with Crippen molar-refractivity contribution in [3.63, 3.8) is 0 Å². The van der Waals surface area contributed by atoms with E-state index >= 15 is 0 Å². The number of hydrogen-bond donors (Lipinski definition) is 1. The summed E-state index contributed by atoms with van der Waals surface area (Å²) < 4.78 is 11.3. The van der Waals surface area contributed by atoms with Crippen LogP contribution in [0.2, 0.25) is 0 Å². The summed E-state index contributed by atoms with van der Waals surface area (Å²) in [6, 6.07) is 6.49. The van der Waals surface area contributed by atoms with E-state index in [0.29, 0.717) is 41.6 Å². The second-order valence-electron chi connectivity index (χ2n) is 7.90. The molecule has 0 saturated carbocycles. The third-order valence-corrected chi connectivity index (χ3v) is 6.72. The van der Waals surface area contributed by atoms with Gasteiger partial charge in [-0.1, -0.05) is 24.8 Å². The van der Waals surface area contributed by atoms with Crippen molar-refractivity contribution in [1.82, 2.24) is 9.88 Å². The summed E-state index contributed by atoms with van der Waals surface area (Å²) in [7, 11) is 0. The van der Waals surface area contributed by atoms with Crippen molar-refractivity contribution >= 4 is 23.0 Å². The maximum atomic E-state index is 13.5. The van der Waals surface area contributed by atoms with E-state index in [1.807, 2.05) is 19.1 Å². The highest BCUT2D eigenvalue weighted by molar-refractivity contribution is 7.14. The fourth-order valence-corrected chi connectivity index (χ4v) is 5.07. The molecule has 7 nitrogen and oxygen atoms in total. The van der Waals surface area contributed by atoms with E-state index < -0.39 is 17.7 Å². The minimum absolute atomic E-state index is 0.0829. The highest BCUT2D eigenvalue weighted by atomic mass is 32.1. The van der Waals surface area contributed by atoms with Crippen molar-refractivity contribution < 1.29 is 24.2 Å². The normalized spacial score (nSPS) is 20.8. The summed E-state index contributed by atoms with van der Waals surface area (Å²) in [4.78, 5) is 32.9. The molecule has 1 aromatic heterocycles. The van der Waals surface area contributed by atoms with E-state index in [4.69, 9.17) is 9.47 Å². The Labute approximate surface area is 191 Å². The first-order valence-corrected chi connectivity index (χ1v) is 11.4. The number of Topliss-reactive ketones (excluding diaryl/α,β-unsaturated/α-hetero) is 1. The molecule has 2 atom stereocenters. The summed E-state index contributed by atoms with van der Waals surface area (Å²) >= 11 is 1.27. The van der Waals surface area contributed by atoms with Crippen LogP contribution in [0.5, 0.6) is 5.75 Å². The maximum Gasteiger partial charge on any atom is 0.290 e. The highest BCUT2D eigenvalue weighted by Crippen LogP contribution is 2.41. The van der Waals surface area contributed by atoms with Crippen LogP contribution in [0.25, 0.3) is 0 Å². The van der Waals surface area contributed by atoms with Gasteiger partial charge in [0.15, 0.2) is 5.76 Å². The Bertz CT molecular complexity index is 1070. The van der Waals surface area contributed by atoms with Crippen molar-refractivity contribution in [1.29, 1.82) is 0 Å². The molecular weight excluding hydrogens is 428 g/mol. The Morgan fingerprint density at radius 1 is 1.38 bits per heavy atom. The summed E-state index contributed by atoms with van der Waals surface area (Å²) in [5.74, 6) is -0.778. The van der Waals surface area contributed by atoms with Gasteiger partial charge in [0.2, 0.25) is 5.78 Å². The number of aliphatic hydroxyl groups excluding tert-OH is 1. The van der Waals surface area contributed by atoms with Gasteiger partial charge >= 0.3 is 0 Å². The molecule has 1 aromatic carbocycles. The average molecular weight is 455 g/mol. The van der Waals surface area contributed by atoms with Crippen molar-refractivity contribution in [3.05, 3.63) is 69.4 Å². The van der Waals surface area contributed by atoms with Crippen LogP contribution in [-0.4, -0.2) is 52.5 Å². The van der Waals surface area contributed by atoms with Crippen LogP contribution in [0, 0.1) is 13.8 Å². The molecule has 3 heterocycles. The zero-order chi connectivity index (χ0) is 22.8. The second-order valence-corrected chi connectivity index (χ2v) is 9.11. The number of nitrogens with zero attached hydrogens (tertiary/aromatic N) is 2. The Morgan fingerprint density at radius 2 is 2.12 bits per heavy atom. The van der Waals surface area contributed by atoms with Gasteiger partial charge in [-0.25, -0.2) is 4.98 Å². The molecule has 1 N–H and O–H groups in total. The van der Waals surface area contributed by atoms with Gasteiger partial charge in [0.05, 0.1) is 33.3 Å². The lowest BCUT2D eigenvalue weighted by atomic mass is 9.94. The molecule has 2 aliphatic heterocycles. The quantitative estimate of drug-likeness (QED) is 0.478. The van der Waals surface area contributed by atoms with E-state index in [-0.39, 0.29) is 17.5 Å². The minimum atomic E-state index is -0.713. The number of benzene rings is 1. The number of hydrogen-bond acceptors (Lipinski definition) is 7. The predicted octanol–water partition coefficient (Wildman–Crippen LogP) is 4.08. The largest absolute Gasteiger partial charge is 0.503 e. The lowest BCUT2D eigenvalue weighted by molar-refractivity contribution is -0.131. The number of carbonyl (C=O) groups excluding carboxylic acids is 2. The highest BCUT2D eigenvalue weighted by Gasteiger charge is 2.45. The first kappa shape index (κ1) is 22.2. The van der Waals surface area contributed by atoms with Crippen LogP contribution < -0.4 is 4.74 Å². The fourth-order valence-electron chi connectivity index (χ4n) is 4.19. The molecule has 8 heteroatoms. The first-order valence-electron chi connectivity index (χ1n) is 10.6. The number of ether oxygens (including phenoxy) is 2. The summed E-state index contributed by atoms with van der Waals surface area (Å²) in [6.07, 6.45) is 3.30. The van der Waals surface area contributed by atoms with Crippen LogP contribution in [0.15, 0.2) is 48.3 Å². The Hall–Kier alpha value is -2.97. The van der Waals surface area contributed by atoms with Crippen molar-refractivity contribution in [2.45, 2.75) is 38.8 Å². The molecule has 0 radical (unpaired) electrons. The molecule has 0 aliphatic carbocycles. The molecular formula is C24H26N2O5S. The predicted molar refractivity (Wildman–Crippen MR) is 121 cm³/mol. The van der Waals surface area contributed by atoms with Crippen molar-refractivity contribution in [3.8, 4) is 5.75 Å². The smallest absolute Gasteiger partial charge is 0.290 e. The van der Waals surface area contributed by atoms with Crippen LogP contribution in [0.3, 0.4) is 0 Å². The Kier molecular flexibility index (Phi) is 6.43. The topological polar surface area (TPSA) is 89.0 Å².